The molecule has 1 aromatic carbocycles. The van der Waals surface area contributed by atoms with Crippen LogP contribution in [0.2, 0.25) is 0 Å². The van der Waals surface area contributed by atoms with Crippen molar-refractivity contribution < 1.29 is 9.21 Å². The topological polar surface area (TPSA) is 72.1 Å². The smallest absolute Gasteiger partial charge is 0.266 e. The van der Waals surface area contributed by atoms with Crippen molar-refractivity contribution >= 4 is 16.7 Å². The average molecular weight is 336 g/mol. The number of carbonyl (C=O) groups is 1. The van der Waals surface area contributed by atoms with Gasteiger partial charge in [0.05, 0.1) is 0 Å². The summed E-state index contributed by atoms with van der Waals surface area (Å²) < 4.78 is 5.95. The second-order valence-electron chi connectivity index (χ2n) is 6.33. The summed E-state index contributed by atoms with van der Waals surface area (Å²) >= 11 is 0. The lowest BCUT2D eigenvalue weighted by Crippen LogP contribution is -2.37. The lowest BCUT2D eigenvalue weighted by Gasteiger charge is -2.30. The predicted molar refractivity (Wildman–Crippen MR) is 93.9 cm³/mol. The summed E-state index contributed by atoms with van der Waals surface area (Å²) in [6.07, 6.45) is 4.03. The van der Waals surface area contributed by atoms with Gasteiger partial charge in [0.15, 0.2) is 0 Å². The van der Waals surface area contributed by atoms with Crippen LogP contribution < -0.4 is 0 Å². The van der Waals surface area contributed by atoms with Crippen LogP contribution in [0.25, 0.3) is 22.4 Å². The summed E-state index contributed by atoms with van der Waals surface area (Å²) in [5, 5.41) is 10.6. The second-order valence-corrected chi connectivity index (χ2v) is 6.33. The lowest BCUT2D eigenvalue weighted by molar-refractivity contribution is -0.131. The van der Waals surface area contributed by atoms with E-state index in [2.05, 4.69) is 15.2 Å². The Morgan fingerprint density at radius 1 is 1.20 bits per heavy atom. The number of fused-ring (bicyclic) bond motifs is 1. The average Bonchev–Trinajstić information content (AvgIpc) is 3.17. The van der Waals surface area contributed by atoms with Crippen LogP contribution in [-0.2, 0) is 4.79 Å². The van der Waals surface area contributed by atoms with Gasteiger partial charge in [-0.2, -0.15) is 0 Å². The third kappa shape index (κ3) is 2.99. The van der Waals surface area contributed by atoms with Crippen molar-refractivity contribution in [2.75, 3.05) is 13.1 Å². The number of rotatable bonds is 3. The van der Waals surface area contributed by atoms with Gasteiger partial charge in [0, 0.05) is 37.0 Å². The van der Waals surface area contributed by atoms with Crippen LogP contribution in [0.1, 0.15) is 38.0 Å². The van der Waals surface area contributed by atoms with E-state index >= 15 is 0 Å². The van der Waals surface area contributed by atoms with Crippen LogP contribution in [0.4, 0.5) is 0 Å². The van der Waals surface area contributed by atoms with Gasteiger partial charge in [-0.15, -0.1) is 10.2 Å². The van der Waals surface area contributed by atoms with Gasteiger partial charge in [0.25, 0.3) is 5.89 Å². The second kappa shape index (κ2) is 6.63. The summed E-state index contributed by atoms with van der Waals surface area (Å²) in [4.78, 5) is 18.1. The van der Waals surface area contributed by atoms with Crippen LogP contribution in [0, 0.1) is 0 Å². The van der Waals surface area contributed by atoms with Gasteiger partial charge >= 0.3 is 0 Å². The number of amides is 1. The number of pyridine rings is 1. The summed E-state index contributed by atoms with van der Waals surface area (Å²) in [5.41, 5.74) is 0.718. The minimum absolute atomic E-state index is 0.206. The van der Waals surface area contributed by atoms with Crippen LogP contribution in [0.5, 0.6) is 0 Å². The Bertz CT molecular complexity index is 892. The first-order valence-corrected chi connectivity index (χ1v) is 8.71. The molecule has 4 rings (SSSR count). The van der Waals surface area contributed by atoms with E-state index in [-0.39, 0.29) is 11.8 Å². The molecule has 0 radical (unpaired) electrons. The van der Waals surface area contributed by atoms with Crippen molar-refractivity contribution in [1.82, 2.24) is 20.1 Å². The highest BCUT2D eigenvalue weighted by Crippen LogP contribution is 2.31. The van der Waals surface area contributed by atoms with Crippen LogP contribution in [0.15, 0.2) is 40.9 Å². The lowest BCUT2D eigenvalue weighted by atomic mass is 9.96. The van der Waals surface area contributed by atoms with E-state index in [1.807, 2.05) is 42.2 Å². The Morgan fingerprint density at radius 3 is 2.80 bits per heavy atom. The van der Waals surface area contributed by atoms with Gasteiger partial charge in [-0.05, 0) is 24.3 Å². The molecule has 1 amide bonds. The number of hydrogen-bond donors (Lipinski definition) is 0. The summed E-state index contributed by atoms with van der Waals surface area (Å²) in [6.45, 7) is 3.40. The number of piperidine rings is 1. The number of benzene rings is 1. The Hall–Kier alpha value is -2.76. The molecule has 0 spiro atoms. The third-order valence-corrected chi connectivity index (χ3v) is 4.82. The molecule has 25 heavy (non-hydrogen) atoms. The van der Waals surface area contributed by atoms with E-state index < -0.39 is 0 Å². The van der Waals surface area contributed by atoms with Crippen molar-refractivity contribution in [2.24, 2.45) is 0 Å². The molecule has 1 fully saturated rings. The highest BCUT2D eigenvalue weighted by molar-refractivity contribution is 5.92. The minimum atomic E-state index is 0.206. The molecular weight excluding hydrogens is 316 g/mol. The van der Waals surface area contributed by atoms with E-state index in [0.717, 1.165) is 42.4 Å². The fourth-order valence-electron chi connectivity index (χ4n) is 3.38. The Morgan fingerprint density at radius 2 is 2.00 bits per heavy atom. The highest BCUT2D eigenvalue weighted by Gasteiger charge is 2.27. The first-order valence-electron chi connectivity index (χ1n) is 8.71. The molecular formula is C19H20N4O2. The molecule has 1 aliphatic rings. The molecule has 6 heteroatoms. The molecule has 0 aliphatic carbocycles. The molecule has 0 unspecified atom stereocenters. The van der Waals surface area contributed by atoms with Gasteiger partial charge in [0.2, 0.25) is 11.8 Å². The van der Waals surface area contributed by atoms with Crippen molar-refractivity contribution in [2.45, 2.75) is 32.1 Å². The largest absolute Gasteiger partial charge is 0.419 e. The Labute approximate surface area is 145 Å². The van der Waals surface area contributed by atoms with Crippen molar-refractivity contribution in [3.05, 3.63) is 42.4 Å². The molecule has 0 N–H and O–H groups in total. The molecule has 3 aromatic rings. The first kappa shape index (κ1) is 15.7. The Kier molecular flexibility index (Phi) is 4.17. The molecule has 1 saturated heterocycles. The zero-order valence-electron chi connectivity index (χ0n) is 14.2. The molecule has 0 saturated carbocycles. The van der Waals surface area contributed by atoms with E-state index in [0.29, 0.717) is 18.2 Å². The monoisotopic (exact) mass is 336 g/mol. The van der Waals surface area contributed by atoms with E-state index in [9.17, 15) is 4.79 Å². The summed E-state index contributed by atoms with van der Waals surface area (Å²) in [7, 11) is 0. The number of likely N-dealkylation sites (tertiary alicyclic amines) is 1. The molecule has 2 aromatic heterocycles. The molecule has 0 atom stereocenters. The number of hydrogen-bond acceptors (Lipinski definition) is 5. The van der Waals surface area contributed by atoms with Crippen LogP contribution in [0.3, 0.4) is 0 Å². The fraction of sp³-hybridized carbons (Fsp3) is 0.368. The van der Waals surface area contributed by atoms with Crippen LogP contribution >= 0.6 is 0 Å². The van der Waals surface area contributed by atoms with Gasteiger partial charge in [0.1, 0.15) is 5.69 Å². The maximum absolute atomic E-state index is 11.8. The highest BCUT2D eigenvalue weighted by atomic mass is 16.4. The van der Waals surface area contributed by atoms with Crippen molar-refractivity contribution in [3.8, 4) is 11.6 Å². The van der Waals surface area contributed by atoms with E-state index in [1.54, 1.807) is 6.20 Å². The quantitative estimate of drug-likeness (QED) is 0.733. The molecule has 1 aliphatic heterocycles. The molecule has 6 nitrogen and oxygen atoms in total. The van der Waals surface area contributed by atoms with Crippen molar-refractivity contribution in [1.29, 1.82) is 0 Å². The Balaban J connectivity index is 1.56. The number of nitrogens with zero attached hydrogens (tertiary/aromatic N) is 4. The fourth-order valence-corrected chi connectivity index (χ4v) is 3.38. The summed E-state index contributed by atoms with van der Waals surface area (Å²) in [6, 6.07) is 9.99. The van der Waals surface area contributed by atoms with Gasteiger partial charge in [-0.1, -0.05) is 31.2 Å². The number of carbonyl (C=O) groups excluding carboxylic acids is 1. The summed E-state index contributed by atoms with van der Waals surface area (Å²) in [5.74, 6) is 1.52. The zero-order chi connectivity index (χ0) is 17.2. The first-order chi connectivity index (χ1) is 12.3. The third-order valence-electron chi connectivity index (χ3n) is 4.82. The maximum Gasteiger partial charge on any atom is 0.266 e. The van der Waals surface area contributed by atoms with E-state index in [4.69, 9.17) is 4.42 Å². The molecule has 128 valence electrons. The number of aromatic nitrogens is 3. The minimum Gasteiger partial charge on any atom is -0.419 e. The SMILES string of the molecule is CCC(=O)N1CCC(c2nnc(-c3nccc4ccccc34)o2)CC1. The standard InChI is InChI=1S/C19H20N4O2/c1-2-16(24)23-11-8-14(9-12-23)18-21-22-19(25-18)17-15-6-4-3-5-13(15)7-10-20-17/h3-7,10,14H,2,8-9,11-12H2,1H3. The van der Waals surface area contributed by atoms with Crippen molar-refractivity contribution in [3.63, 3.8) is 0 Å². The van der Waals surface area contributed by atoms with Gasteiger partial charge in [-0.3, -0.25) is 9.78 Å². The zero-order valence-corrected chi connectivity index (χ0v) is 14.2. The maximum atomic E-state index is 11.8. The molecule has 3 heterocycles. The normalized spacial score (nSPS) is 15.6. The van der Waals surface area contributed by atoms with Gasteiger partial charge in [-0.25, -0.2) is 0 Å². The van der Waals surface area contributed by atoms with Crippen LogP contribution in [-0.4, -0.2) is 39.1 Å². The van der Waals surface area contributed by atoms with E-state index in [1.165, 1.54) is 0 Å². The predicted octanol–water partition coefficient (Wildman–Crippen LogP) is 3.40. The van der Waals surface area contributed by atoms with Gasteiger partial charge < -0.3 is 9.32 Å². The molecule has 0 bridgehead atoms.